The zero-order valence-corrected chi connectivity index (χ0v) is 6.74. The summed E-state index contributed by atoms with van der Waals surface area (Å²) >= 11 is 2.00. The fourth-order valence-corrected chi connectivity index (χ4v) is 1.79. The minimum absolute atomic E-state index is 0.0781. The lowest BCUT2D eigenvalue weighted by Crippen LogP contribution is -2.11. The van der Waals surface area contributed by atoms with E-state index in [1.165, 1.54) is 0 Å². The third-order valence-electron chi connectivity index (χ3n) is 1.54. The van der Waals surface area contributed by atoms with Gasteiger partial charge in [0.05, 0.1) is 5.92 Å². The maximum absolute atomic E-state index is 11.7. The highest BCUT2D eigenvalue weighted by Gasteiger charge is 2.54. The van der Waals surface area contributed by atoms with Crippen LogP contribution in [0.5, 0.6) is 0 Å². The molecule has 0 aromatic carbocycles. The third kappa shape index (κ3) is 1.72. The van der Waals surface area contributed by atoms with E-state index in [-0.39, 0.29) is 5.92 Å². The van der Waals surface area contributed by atoms with E-state index in [1.807, 2.05) is 22.6 Å². The Morgan fingerprint density at radius 1 is 1.44 bits per heavy atom. The number of halogens is 4. The van der Waals surface area contributed by atoms with E-state index in [9.17, 15) is 13.2 Å². The molecule has 4 heteroatoms. The third-order valence-corrected chi connectivity index (χ3v) is 2.67. The minimum Gasteiger partial charge on any atom is -0.171 e. The van der Waals surface area contributed by atoms with Crippen LogP contribution in [-0.2, 0) is 0 Å². The van der Waals surface area contributed by atoms with Crippen LogP contribution >= 0.6 is 22.6 Å². The van der Waals surface area contributed by atoms with Gasteiger partial charge in [-0.25, -0.2) is 0 Å². The van der Waals surface area contributed by atoms with Crippen LogP contribution in [0.4, 0.5) is 13.2 Å². The Bertz CT molecular complexity index is 109. The van der Waals surface area contributed by atoms with Gasteiger partial charge < -0.3 is 0 Å². The van der Waals surface area contributed by atoms with Crippen molar-refractivity contribution < 1.29 is 13.2 Å². The molecule has 54 valence electrons. The lowest BCUT2D eigenvalue weighted by molar-refractivity contribution is -0.150. The van der Waals surface area contributed by atoms with Crippen LogP contribution in [0.15, 0.2) is 0 Å². The molecule has 0 aromatic heterocycles. The first kappa shape index (κ1) is 7.63. The molecule has 0 radical (unpaired) electrons. The summed E-state index contributed by atoms with van der Waals surface area (Å²) in [6, 6.07) is 0. The van der Waals surface area contributed by atoms with Crippen LogP contribution in [0.1, 0.15) is 6.42 Å². The second kappa shape index (κ2) is 2.29. The van der Waals surface area contributed by atoms with Crippen LogP contribution in [0.25, 0.3) is 0 Å². The van der Waals surface area contributed by atoms with Crippen molar-refractivity contribution in [3.63, 3.8) is 0 Å². The topological polar surface area (TPSA) is 0 Å². The first-order chi connectivity index (χ1) is 4.05. The van der Waals surface area contributed by atoms with Crippen LogP contribution < -0.4 is 0 Å². The molecule has 0 saturated heterocycles. The summed E-state index contributed by atoms with van der Waals surface area (Å²) in [6.07, 6.45) is -3.57. The zero-order chi connectivity index (χ0) is 7.07. The fourth-order valence-electron chi connectivity index (χ4n) is 0.819. The molecular weight excluding hydrogens is 244 g/mol. The van der Waals surface area contributed by atoms with Crippen molar-refractivity contribution in [2.75, 3.05) is 4.43 Å². The first-order valence-corrected chi connectivity index (χ1v) is 4.21. The van der Waals surface area contributed by atoms with E-state index in [0.29, 0.717) is 10.8 Å². The number of alkyl halides is 4. The van der Waals surface area contributed by atoms with Gasteiger partial charge in [-0.05, 0) is 12.3 Å². The summed E-state index contributed by atoms with van der Waals surface area (Å²) in [5, 5.41) is 0. The van der Waals surface area contributed by atoms with Crippen molar-refractivity contribution in [1.82, 2.24) is 0 Å². The molecule has 2 atom stereocenters. The molecule has 0 spiro atoms. The normalized spacial score (nSPS) is 34.7. The van der Waals surface area contributed by atoms with Crippen LogP contribution in [0.3, 0.4) is 0 Å². The van der Waals surface area contributed by atoms with Crippen LogP contribution in [0, 0.1) is 11.8 Å². The lowest BCUT2D eigenvalue weighted by atomic mass is 10.3. The second-order valence-corrected chi connectivity index (χ2v) is 3.18. The minimum atomic E-state index is -3.92. The van der Waals surface area contributed by atoms with Crippen LogP contribution in [0.2, 0.25) is 0 Å². The molecule has 0 amide bonds. The summed E-state index contributed by atoms with van der Waals surface area (Å²) in [5.41, 5.74) is 0. The Hall–Kier alpha value is 0.520. The molecule has 1 aliphatic rings. The van der Waals surface area contributed by atoms with E-state index >= 15 is 0 Å². The van der Waals surface area contributed by atoms with E-state index in [0.717, 1.165) is 0 Å². The lowest BCUT2D eigenvalue weighted by Gasteiger charge is -2.02. The van der Waals surface area contributed by atoms with Crippen molar-refractivity contribution in [2.45, 2.75) is 12.6 Å². The van der Waals surface area contributed by atoms with Gasteiger partial charge in [0.1, 0.15) is 0 Å². The average Bonchev–Trinajstić information content (AvgIpc) is 2.39. The van der Waals surface area contributed by atoms with Crippen molar-refractivity contribution in [3.8, 4) is 0 Å². The molecule has 1 fully saturated rings. The van der Waals surface area contributed by atoms with Crippen molar-refractivity contribution in [2.24, 2.45) is 11.8 Å². The largest absolute Gasteiger partial charge is 0.392 e. The van der Waals surface area contributed by atoms with Gasteiger partial charge in [0.2, 0.25) is 0 Å². The monoisotopic (exact) mass is 250 g/mol. The van der Waals surface area contributed by atoms with Gasteiger partial charge in [-0.1, -0.05) is 22.6 Å². The molecule has 0 aromatic rings. The zero-order valence-electron chi connectivity index (χ0n) is 4.58. The molecule has 9 heavy (non-hydrogen) atoms. The van der Waals surface area contributed by atoms with Gasteiger partial charge in [0.15, 0.2) is 0 Å². The Morgan fingerprint density at radius 3 is 2.11 bits per heavy atom. The van der Waals surface area contributed by atoms with E-state index in [4.69, 9.17) is 0 Å². The van der Waals surface area contributed by atoms with Crippen molar-refractivity contribution >= 4 is 22.6 Å². The number of hydrogen-bond acceptors (Lipinski definition) is 0. The summed E-state index contributed by atoms with van der Waals surface area (Å²) in [6.45, 7) is 0. The molecule has 2 unspecified atom stereocenters. The highest BCUT2D eigenvalue weighted by molar-refractivity contribution is 14.1. The van der Waals surface area contributed by atoms with Gasteiger partial charge in [0, 0.05) is 4.43 Å². The highest BCUT2D eigenvalue weighted by Crippen LogP contribution is 2.50. The maximum atomic E-state index is 11.7. The Balaban J connectivity index is 2.33. The molecule has 0 aliphatic heterocycles. The molecular formula is C5H6F3I. The van der Waals surface area contributed by atoms with Gasteiger partial charge in [-0.15, -0.1) is 0 Å². The maximum Gasteiger partial charge on any atom is 0.392 e. The van der Waals surface area contributed by atoms with Crippen molar-refractivity contribution in [1.29, 1.82) is 0 Å². The van der Waals surface area contributed by atoms with Crippen LogP contribution in [-0.4, -0.2) is 10.6 Å². The predicted octanol–water partition coefficient (Wildman–Crippen LogP) is 2.62. The molecule has 0 N–H and O–H groups in total. The second-order valence-electron chi connectivity index (χ2n) is 2.30. The number of hydrogen-bond donors (Lipinski definition) is 0. The number of rotatable bonds is 1. The smallest absolute Gasteiger partial charge is 0.171 e. The fraction of sp³-hybridized carbons (Fsp3) is 1.00. The molecule has 0 bridgehead atoms. The Kier molecular flexibility index (Phi) is 1.94. The van der Waals surface area contributed by atoms with Gasteiger partial charge >= 0.3 is 6.18 Å². The Morgan fingerprint density at radius 2 is 2.00 bits per heavy atom. The highest BCUT2D eigenvalue weighted by atomic mass is 127. The molecule has 0 nitrogen and oxygen atoms in total. The first-order valence-electron chi connectivity index (χ1n) is 2.68. The standard InChI is InChI=1S/C5H6F3I/c6-5(7,8)4-1-3(4)2-9/h3-4H,1-2H2. The van der Waals surface area contributed by atoms with Gasteiger partial charge in [-0.2, -0.15) is 13.2 Å². The van der Waals surface area contributed by atoms with E-state index < -0.39 is 12.1 Å². The molecule has 1 saturated carbocycles. The predicted molar refractivity (Wildman–Crippen MR) is 36.5 cm³/mol. The SMILES string of the molecule is FC(F)(F)C1CC1CI. The summed E-state index contributed by atoms with van der Waals surface area (Å²) in [7, 11) is 0. The van der Waals surface area contributed by atoms with Crippen molar-refractivity contribution in [3.05, 3.63) is 0 Å². The van der Waals surface area contributed by atoms with Gasteiger partial charge in [0.25, 0.3) is 0 Å². The molecule has 0 heterocycles. The Labute approximate surface area is 65.0 Å². The molecule has 1 rings (SSSR count). The van der Waals surface area contributed by atoms with E-state index in [1.54, 1.807) is 0 Å². The summed E-state index contributed by atoms with van der Waals surface area (Å²) < 4.78 is 35.7. The summed E-state index contributed by atoms with van der Waals surface area (Å²) in [4.78, 5) is 0. The van der Waals surface area contributed by atoms with Gasteiger partial charge in [-0.3, -0.25) is 0 Å². The molecule has 1 aliphatic carbocycles. The summed E-state index contributed by atoms with van der Waals surface area (Å²) in [5.74, 6) is -1.06. The average molecular weight is 250 g/mol. The van der Waals surface area contributed by atoms with E-state index in [2.05, 4.69) is 0 Å². The quantitative estimate of drug-likeness (QED) is 0.495.